The van der Waals surface area contributed by atoms with E-state index in [-0.39, 0.29) is 12.6 Å². The fourth-order valence-electron chi connectivity index (χ4n) is 3.49. The fraction of sp³-hybridized carbons (Fsp3) is 1.00. The third-order valence-corrected chi connectivity index (χ3v) is 4.07. The maximum absolute atomic E-state index is 5.71. The second-order valence-corrected chi connectivity index (χ2v) is 4.43. The molecule has 0 amide bonds. The first kappa shape index (κ1) is 6.35. The van der Waals surface area contributed by atoms with Gasteiger partial charge in [-0.25, -0.2) is 0 Å². The lowest BCUT2D eigenvalue weighted by Gasteiger charge is -2.29. The first-order valence-corrected chi connectivity index (χ1v) is 4.82. The molecule has 1 saturated carbocycles. The SMILES string of the molecule is C1O[C@H]2O[C@H]3OC[C@H]4[C@H]1[C@@H]2C[C@@H]34. The summed E-state index contributed by atoms with van der Waals surface area (Å²) in [4.78, 5) is 0. The van der Waals surface area contributed by atoms with Gasteiger partial charge in [0.25, 0.3) is 0 Å². The van der Waals surface area contributed by atoms with Gasteiger partial charge in [-0.15, -0.1) is 0 Å². The molecule has 4 aliphatic rings. The highest BCUT2D eigenvalue weighted by molar-refractivity contribution is 5.02. The summed E-state index contributed by atoms with van der Waals surface area (Å²) in [7, 11) is 0. The van der Waals surface area contributed by atoms with E-state index in [9.17, 15) is 0 Å². The van der Waals surface area contributed by atoms with Crippen molar-refractivity contribution >= 4 is 0 Å². The maximum Gasteiger partial charge on any atom is 0.163 e. The van der Waals surface area contributed by atoms with Crippen molar-refractivity contribution in [3.63, 3.8) is 0 Å². The number of rotatable bonds is 0. The second-order valence-electron chi connectivity index (χ2n) is 4.43. The molecule has 2 bridgehead atoms. The summed E-state index contributed by atoms with van der Waals surface area (Å²) in [5.74, 6) is 2.88. The molecule has 3 heterocycles. The van der Waals surface area contributed by atoms with Crippen LogP contribution in [-0.2, 0) is 14.2 Å². The van der Waals surface area contributed by atoms with Crippen LogP contribution in [0.4, 0.5) is 0 Å². The number of ether oxygens (including phenoxy) is 3. The predicted molar refractivity (Wildman–Crippen MR) is 39.1 cm³/mol. The zero-order valence-electron chi connectivity index (χ0n) is 6.81. The van der Waals surface area contributed by atoms with Gasteiger partial charge >= 0.3 is 0 Å². The molecule has 4 fully saturated rings. The van der Waals surface area contributed by atoms with Gasteiger partial charge in [-0.1, -0.05) is 0 Å². The number of hydrogen-bond acceptors (Lipinski definition) is 3. The van der Waals surface area contributed by atoms with Crippen LogP contribution in [0, 0.1) is 23.7 Å². The predicted octanol–water partition coefficient (Wildman–Crippen LogP) is 0.598. The molecule has 0 aromatic carbocycles. The summed E-state index contributed by atoms with van der Waals surface area (Å²) in [5, 5.41) is 0. The van der Waals surface area contributed by atoms with Crippen molar-refractivity contribution in [2.45, 2.75) is 19.0 Å². The third kappa shape index (κ3) is 0.543. The molecular weight excluding hydrogens is 156 g/mol. The van der Waals surface area contributed by atoms with E-state index in [4.69, 9.17) is 14.2 Å². The summed E-state index contributed by atoms with van der Waals surface area (Å²) in [6, 6.07) is 0. The van der Waals surface area contributed by atoms with Gasteiger partial charge in [-0.3, -0.25) is 0 Å². The summed E-state index contributed by atoms with van der Waals surface area (Å²) >= 11 is 0. The van der Waals surface area contributed by atoms with Crippen LogP contribution in [-0.4, -0.2) is 25.8 Å². The molecule has 6 atom stereocenters. The Balaban J connectivity index is 1.83. The van der Waals surface area contributed by atoms with E-state index in [0.29, 0.717) is 11.8 Å². The average Bonchev–Trinajstić information content (AvgIpc) is 2.69. The van der Waals surface area contributed by atoms with Crippen LogP contribution < -0.4 is 0 Å². The summed E-state index contributed by atoms with van der Waals surface area (Å²) in [5.41, 5.74) is 0. The van der Waals surface area contributed by atoms with Crippen LogP contribution in [0.15, 0.2) is 0 Å². The average molecular weight is 168 g/mol. The normalized spacial score (nSPS) is 66.0. The lowest BCUT2D eigenvalue weighted by molar-refractivity contribution is -0.260. The van der Waals surface area contributed by atoms with Crippen molar-refractivity contribution in [1.29, 1.82) is 0 Å². The molecule has 0 unspecified atom stereocenters. The molecule has 3 nitrogen and oxygen atoms in total. The van der Waals surface area contributed by atoms with Crippen LogP contribution in [0.5, 0.6) is 0 Å². The fourth-order valence-corrected chi connectivity index (χ4v) is 3.49. The topological polar surface area (TPSA) is 27.7 Å². The highest BCUT2D eigenvalue weighted by Gasteiger charge is 2.61. The molecule has 0 spiro atoms. The minimum atomic E-state index is 0.0709. The van der Waals surface area contributed by atoms with Crippen molar-refractivity contribution < 1.29 is 14.2 Å². The summed E-state index contributed by atoms with van der Waals surface area (Å²) < 4.78 is 16.9. The van der Waals surface area contributed by atoms with E-state index in [1.54, 1.807) is 0 Å². The standard InChI is InChI=1S/C9H12O3/c1-4-6-2-10-8(4)12-9-5(1)7(6)3-11-9/h4-9H,1-3H2/t4-,5+,6-,7-,8-,9+/m1/s1. The van der Waals surface area contributed by atoms with E-state index >= 15 is 0 Å². The van der Waals surface area contributed by atoms with Gasteiger partial charge in [-0.2, -0.15) is 0 Å². The van der Waals surface area contributed by atoms with Crippen LogP contribution in [0.25, 0.3) is 0 Å². The molecule has 3 heteroatoms. The molecule has 66 valence electrons. The van der Waals surface area contributed by atoms with Crippen LogP contribution in [0.3, 0.4) is 0 Å². The first-order valence-electron chi connectivity index (χ1n) is 4.82. The van der Waals surface area contributed by atoms with Crippen molar-refractivity contribution in [3.8, 4) is 0 Å². The molecule has 4 rings (SSSR count). The number of hydrogen-bond donors (Lipinski definition) is 0. The summed E-state index contributed by atoms with van der Waals surface area (Å²) in [6.07, 6.45) is 1.42. The van der Waals surface area contributed by atoms with E-state index < -0.39 is 0 Å². The van der Waals surface area contributed by atoms with Crippen LogP contribution in [0.1, 0.15) is 6.42 Å². The minimum Gasteiger partial charge on any atom is -0.352 e. The zero-order chi connectivity index (χ0) is 7.71. The van der Waals surface area contributed by atoms with Crippen molar-refractivity contribution in [1.82, 2.24) is 0 Å². The Hall–Kier alpha value is -0.120. The molecule has 0 N–H and O–H groups in total. The van der Waals surface area contributed by atoms with Crippen LogP contribution >= 0.6 is 0 Å². The third-order valence-electron chi connectivity index (χ3n) is 4.07. The Morgan fingerprint density at radius 2 is 1.33 bits per heavy atom. The highest BCUT2D eigenvalue weighted by atomic mass is 16.8. The molecule has 3 aliphatic heterocycles. The smallest absolute Gasteiger partial charge is 0.163 e. The molecule has 12 heavy (non-hydrogen) atoms. The molecule has 0 aromatic heterocycles. The van der Waals surface area contributed by atoms with Crippen LogP contribution in [0.2, 0.25) is 0 Å². The van der Waals surface area contributed by atoms with Gasteiger partial charge in [0, 0.05) is 11.8 Å². The molecule has 3 saturated heterocycles. The van der Waals surface area contributed by atoms with Crippen molar-refractivity contribution in [2.75, 3.05) is 13.2 Å². The molecule has 1 aliphatic carbocycles. The van der Waals surface area contributed by atoms with E-state index in [2.05, 4.69) is 0 Å². The molecule has 0 aromatic rings. The second kappa shape index (κ2) is 1.86. The van der Waals surface area contributed by atoms with Gasteiger partial charge in [-0.05, 0) is 18.3 Å². The first-order chi connectivity index (χ1) is 5.93. The Bertz CT molecular complexity index is 208. The van der Waals surface area contributed by atoms with E-state index in [0.717, 1.165) is 25.0 Å². The highest BCUT2D eigenvalue weighted by Crippen LogP contribution is 2.56. The van der Waals surface area contributed by atoms with Gasteiger partial charge in [0.15, 0.2) is 12.6 Å². The van der Waals surface area contributed by atoms with Gasteiger partial charge in [0.05, 0.1) is 13.2 Å². The lowest BCUT2D eigenvalue weighted by Crippen LogP contribution is -2.35. The largest absolute Gasteiger partial charge is 0.352 e. The Morgan fingerprint density at radius 1 is 0.750 bits per heavy atom. The van der Waals surface area contributed by atoms with Gasteiger partial charge < -0.3 is 14.2 Å². The summed E-state index contributed by atoms with van der Waals surface area (Å²) in [6.45, 7) is 1.82. The Morgan fingerprint density at radius 3 is 1.92 bits per heavy atom. The van der Waals surface area contributed by atoms with Crippen molar-refractivity contribution in [2.24, 2.45) is 23.7 Å². The quantitative estimate of drug-likeness (QED) is 0.530. The van der Waals surface area contributed by atoms with E-state index in [1.807, 2.05) is 0 Å². The lowest BCUT2D eigenvalue weighted by atomic mass is 9.91. The monoisotopic (exact) mass is 168 g/mol. The molecule has 0 radical (unpaired) electrons. The minimum absolute atomic E-state index is 0.0709. The number of fused-ring (bicyclic) bond motifs is 1. The Labute approximate surface area is 71.0 Å². The van der Waals surface area contributed by atoms with Gasteiger partial charge in [0.1, 0.15) is 0 Å². The maximum atomic E-state index is 5.71. The molecular formula is C9H12O3. The van der Waals surface area contributed by atoms with E-state index in [1.165, 1.54) is 6.42 Å². The van der Waals surface area contributed by atoms with Gasteiger partial charge in [0.2, 0.25) is 0 Å². The van der Waals surface area contributed by atoms with Crippen molar-refractivity contribution in [3.05, 3.63) is 0 Å². The zero-order valence-corrected chi connectivity index (χ0v) is 6.81. The Kier molecular flexibility index (Phi) is 0.986.